The Hall–Kier alpha value is -4.85. The summed E-state index contributed by atoms with van der Waals surface area (Å²) >= 11 is 0. The molecule has 0 spiro atoms. The second kappa shape index (κ2) is 8.34. The molecular weight excluding hydrogens is 490 g/mol. The van der Waals surface area contributed by atoms with Gasteiger partial charge in [-0.15, -0.1) is 0 Å². The van der Waals surface area contributed by atoms with Crippen LogP contribution in [0.4, 0.5) is 9.59 Å². The zero-order valence-electron chi connectivity index (χ0n) is 20.3. The summed E-state index contributed by atoms with van der Waals surface area (Å²) in [6, 6.07) is 10.8. The van der Waals surface area contributed by atoms with Gasteiger partial charge in [0.05, 0.1) is 13.7 Å². The Kier molecular flexibility index (Phi) is 5.17. The summed E-state index contributed by atoms with van der Waals surface area (Å²) in [5, 5.41) is 9.92. The van der Waals surface area contributed by atoms with Crippen LogP contribution in [0.3, 0.4) is 0 Å². The van der Waals surface area contributed by atoms with Gasteiger partial charge in [-0.1, -0.05) is 30.0 Å². The second-order valence-corrected chi connectivity index (χ2v) is 9.82. The van der Waals surface area contributed by atoms with Crippen LogP contribution in [-0.4, -0.2) is 53.9 Å². The molecule has 38 heavy (non-hydrogen) atoms. The topological polar surface area (TPSA) is 146 Å². The van der Waals surface area contributed by atoms with Crippen molar-refractivity contribution < 1.29 is 28.7 Å². The average molecular weight is 514 g/mol. The number of methoxy groups -OCH3 is 1. The number of urea groups is 2. The van der Waals surface area contributed by atoms with Crippen molar-refractivity contribution in [3.8, 4) is 17.6 Å². The molecule has 1 saturated carbocycles. The minimum absolute atomic E-state index is 0.0219. The molecule has 0 aromatic heterocycles. The van der Waals surface area contributed by atoms with Gasteiger partial charge in [0.1, 0.15) is 11.3 Å². The van der Waals surface area contributed by atoms with Gasteiger partial charge in [0, 0.05) is 17.7 Å². The van der Waals surface area contributed by atoms with Crippen molar-refractivity contribution in [1.82, 2.24) is 26.2 Å². The van der Waals surface area contributed by atoms with Crippen molar-refractivity contribution in [1.29, 1.82) is 0 Å². The number of nitrogens with zero attached hydrogens (tertiary/aromatic N) is 1. The van der Waals surface area contributed by atoms with E-state index in [0.29, 0.717) is 22.4 Å². The number of benzene rings is 2. The summed E-state index contributed by atoms with van der Waals surface area (Å²) in [5.41, 5.74) is -0.319. The molecule has 7 amide bonds. The van der Waals surface area contributed by atoms with Gasteiger partial charge in [-0.3, -0.25) is 25.0 Å². The minimum atomic E-state index is -1.65. The second-order valence-electron chi connectivity index (χ2n) is 9.82. The summed E-state index contributed by atoms with van der Waals surface area (Å²) in [7, 11) is 1.51. The first-order valence-electron chi connectivity index (χ1n) is 12.1. The third-order valence-electron chi connectivity index (χ3n) is 7.41. The van der Waals surface area contributed by atoms with Crippen molar-refractivity contribution >= 4 is 29.8 Å². The maximum absolute atomic E-state index is 13.1. The highest BCUT2D eigenvalue weighted by Gasteiger charge is 2.57. The fraction of sp³-hybridized carbons (Fsp3) is 0.296. The van der Waals surface area contributed by atoms with Crippen LogP contribution in [0, 0.1) is 17.8 Å². The average Bonchev–Trinajstić information content (AvgIpc) is 3.58. The summed E-state index contributed by atoms with van der Waals surface area (Å²) in [4.78, 5) is 64.0. The molecule has 0 bridgehead atoms. The molecular formula is C27H23N5O6. The molecule has 2 aromatic rings. The highest BCUT2D eigenvalue weighted by Crippen LogP contribution is 2.47. The Bertz CT molecular complexity index is 1490. The Morgan fingerprint density at radius 1 is 0.947 bits per heavy atom. The van der Waals surface area contributed by atoms with Gasteiger partial charge >= 0.3 is 12.1 Å². The lowest BCUT2D eigenvalue weighted by molar-refractivity contribution is -0.125. The number of imide groups is 2. The number of amides is 7. The van der Waals surface area contributed by atoms with E-state index in [4.69, 9.17) is 4.74 Å². The molecule has 2 saturated heterocycles. The van der Waals surface area contributed by atoms with E-state index in [1.54, 1.807) is 42.5 Å². The quantitative estimate of drug-likeness (QED) is 0.343. The van der Waals surface area contributed by atoms with E-state index in [1.165, 1.54) is 12.0 Å². The van der Waals surface area contributed by atoms with E-state index in [1.807, 2.05) is 0 Å². The summed E-state index contributed by atoms with van der Waals surface area (Å²) in [6.07, 6.45) is 1.66. The smallest absolute Gasteiger partial charge is 0.323 e. The standard InChI is InChI=1S/C27H23N5O6/c1-38-19-9-4-16-13-32(21(33)20(16)12-19)14-26(22(34)28-24(36)30-26)11-10-15-2-5-17(6-3-15)27(18-7-8-18)23(35)29-25(37)31-27/h2-6,9,12,18H,7-8,13-14H2,1H3,(H2,28,30,34,36)(H2,29,31,35,37)/t26-,27?/m1/s1. The molecule has 3 heterocycles. The molecule has 0 radical (unpaired) electrons. The van der Waals surface area contributed by atoms with E-state index in [9.17, 15) is 24.0 Å². The third kappa shape index (κ3) is 3.64. The number of carbonyl (C=O) groups is 5. The van der Waals surface area contributed by atoms with Crippen LogP contribution in [0.1, 0.15) is 39.9 Å². The highest BCUT2D eigenvalue weighted by molar-refractivity contribution is 6.10. The fourth-order valence-corrected chi connectivity index (χ4v) is 5.32. The molecule has 192 valence electrons. The van der Waals surface area contributed by atoms with Gasteiger partial charge in [-0.25, -0.2) is 9.59 Å². The van der Waals surface area contributed by atoms with E-state index < -0.39 is 29.0 Å². The third-order valence-corrected chi connectivity index (χ3v) is 7.41. The number of carbonyl (C=O) groups excluding carboxylic acids is 5. The van der Waals surface area contributed by atoms with Gasteiger partial charge in [0.15, 0.2) is 0 Å². The van der Waals surface area contributed by atoms with Crippen LogP contribution in [0.2, 0.25) is 0 Å². The minimum Gasteiger partial charge on any atom is -0.497 e. The first-order chi connectivity index (χ1) is 18.2. The molecule has 11 nitrogen and oxygen atoms in total. The predicted molar refractivity (Wildman–Crippen MR) is 132 cm³/mol. The summed E-state index contributed by atoms with van der Waals surface area (Å²) in [6.45, 7) is 0.110. The zero-order chi connectivity index (χ0) is 26.7. The van der Waals surface area contributed by atoms with Crippen molar-refractivity contribution in [3.05, 3.63) is 64.7 Å². The first-order valence-corrected chi connectivity index (χ1v) is 12.1. The Morgan fingerprint density at radius 3 is 2.26 bits per heavy atom. The van der Waals surface area contributed by atoms with E-state index >= 15 is 0 Å². The van der Waals surface area contributed by atoms with Crippen LogP contribution in [0.15, 0.2) is 42.5 Å². The highest BCUT2D eigenvalue weighted by atomic mass is 16.5. The Balaban J connectivity index is 1.27. The molecule has 2 atom stereocenters. The van der Waals surface area contributed by atoms with Gasteiger partial charge in [0.2, 0.25) is 5.54 Å². The van der Waals surface area contributed by atoms with Crippen LogP contribution >= 0.6 is 0 Å². The number of hydrogen-bond donors (Lipinski definition) is 4. The van der Waals surface area contributed by atoms with Crippen molar-refractivity contribution in [2.45, 2.75) is 30.5 Å². The SMILES string of the molecule is COc1ccc2c(c1)C(=O)N(C[C@@]1(C#Cc3ccc(C4(C5CC5)NC(=O)NC4=O)cc3)NC(=O)NC1=O)C2. The monoisotopic (exact) mass is 513 g/mol. The van der Waals surface area contributed by atoms with Gasteiger partial charge in [0.25, 0.3) is 17.7 Å². The largest absolute Gasteiger partial charge is 0.497 e. The maximum atomic E-state index is 13.1. The number of rotatable bonds is 5. The number of fused-ring (bicyclic) bond motifs is 1. The molecule has 3 aliphatic heterocycles. The summed E-state index contributed by atoms with van der Waals surface area (Å²) < 4.78 is 5.21. The van der Waals surface area contributed by atoms with Gasteiger partial charge in [-0.2, -0.15) is 0 Å². The van der Waals surface area contributed by atoms with Crippen molar-refractivity contribution in [2.75, 3.05) is 13.7 Å². The van der Waals surface area contributed by atoms with Gasteiger partial charge in [-0.05, 0) is 54.2 Å². The van der Waals surface area contributed by atoms with Crippen molar-refractivity contribution in [2.24, 2.45) is 5.92 Å². The molecule has 1 unspecified atom stereocenters. The van der Waals surface area contributed by atoms with Crippen LogP contribution in [0.25, 0.3) is 0 Å². The van der Waals surface area contributed by atoms with E-state index in [2.05, 4.69) is 33.1 Å². The molecule has 4 aliphatic rings. The number of hydrogen-bond acceptors (Lipinski definition) is 6. The van der Waals surface area contributed by atoms with Crippen LogP contribution in [-0.2, 0) is 21.7 Å². The molecule has 11 heteroatoms. The zero-order valence-corrected chi connectivity index (χ0v) is 20.3. The molecule has 2 aromatic carbocycles. The lowest BCUT2D eigenvalue weighted by Crippen LogP contribution is -2.54. The van der Waals surface area contributed by atoms with E-state index in [0.717, 1.165) is 18.4 Å². The molecule has 3 fully saturated rings. The lowest BCUT2D eigenvalue weighted by Gasteiger charge is -2.26. The van der Waals surface area contributed by atoms with Crippen molar-refractivity contribution in [3.63, 3.8) is 0 Å². The number of ether oxygens (including phenoxy) is 1. The summed E-state index contributed by atoms with van der Waals surface area (Å²) in [5.74, 6) is 5.06. The Morgan fingerprint density at radius 2 is 1.66 bits per heavy atom. The maximum Gasteiger partial charge on any atom is 0.323 e. The van der Waals surface area contributed by atoms with E-state index in [-0.39, 0.29) is 30.8 Å². The fourth-order valence-electron chi connectivity index (χ4n) is 5.32. The molecule has 6 rings (SSSR count). The van der Waals surface area contributed by atoms with Gasteiger partial charge < -0.3 is 20.3 Å². The van der Waals surface area contributed by atoms with Crippen LogP contribution in [0.5, 0.6) is 5.75 Å². The lowest BCUT2D eigenvalue weighted by atomic mass is 9.84. The molecule has 1 aliphatic carbocycles. The number of nitrogens with one attached hydrogen (secondary N) is 4. The molecule has 4 N–H and O–H groups in total. The van der Waals surface area contributed by atoms with Crippen LogP contribution < -0.4 is 26.0 Å². The normalized spacial score (nSPS) is 25.7. The Labute approximate surface area is 217 Å². The first kappa shape index (κ1) is 23.5. The predicted octanol–water partition coefficient (Wildman–Crippen LogP) is 0.726.